The summed E-state index contributed by atoms with van der Waals surface area (Å²) in [5.74, 6) is 0. The van der Waals surface area contributed by atoms with Gasteiger partial charge in [-0.3, -0.25) is 0 Å². The van der Waals surface area contributed by atoms with Gasteiger partial charge < -0.3 is 4.74 Å². The van der Waals surface area contributed by atoms with Crippen LogP contribution in [0.25, 0.3) is 0 Å². The van der Waals surface area contributed by atoms with Gasteiger partial charge in [0, 0.05) is 5.56 Å². The van der Waals surface area contributed by atoms with Gasteiger partial charge in [0.25, 0.3) is 0 Å². The summed E-state index contributed by atoms with van der Waals surface area (Å²) >= 11 is 4.71. The van der Waals surface area contributed by atoms with Crippen LogP contribution in [0.2, 0.25) is 0 Å². The average molecular weight is 220 g/mol. The molecule has 0 N–H and O–H groups in total. The lowest BCUT2D eigenvalue weighted by Crippen LogP contribution is -2.07. The van der Waals surface area contributed by atoms with Crippen LogP contribution < -0.4 is 0 Å². The molecule has 0 fully saturated rings. The minimum atomic E-state index is -4.35. The van der Waals surface area contributed by atoms with Gasteiger partial charge in [0.15, 0.2) is 5.05 Å². The van der Waals surface area contributed by atoms with Crippen LogP contribution in [-0.4, -0.2) is 12.2 Å². The molecule has 5 heteroatoms. The summed E-state index contributed by atoms with van der Waals surface area (Å²) in [6.07, 6.45) is -4.35. The van der Waals surface area contributed by atoms with Crippen LogP contribution >= 0.6 is 12.2 Å². The van der Waals surface area contributed by atoms with Gasteiger partial charge >= 0.3 is 6.18 Å². The zero-order valence-electron chi connectivity index (χ0n) is 7.26. The van der Waals surface area contributed by atoms with Crippen LogP contribution in [0.1, 0.15) is 11.1 Å². The van der Waals surface area contributed by atoms with E-state index in [1.807, 2.05) is 0 Å². The van der Waals surface area contributed by atoms with E-state index >= 15 is 0 Å². The fraction of sp³-hybridized carbons (Fsp3) is 0.222. The number of hydrogen-bond acceptors (Lipinski definition) is 2. The third-order valence-electron chi connectivity index (χ3n) is 1.61. The topological polar surface area (TPSA) is 9.23 Å². The van der Waals surface area contributed by atoms with Crippen LogP contribution in [0.3, 0.4) is 0 Å². The maximum absolute atomic E-state index is 12.3. The number of alkyl halides is 3. The van der Waals surface area contributed by atoms with Crippen molar-refractivity contribution < 1.29 is 17.9 Å². The Morgan fingerprint density at radius 1 is 1.36 bits per heavy atom. The number of hydrogen-bond donors (Lipinski definition) is 0. The lowest BCUT2D eigenvalue weighted by molar-refractivity contribution is -0.137. The summed E-state index contributed by atoms with van der Waals surface area (Å²) in [7, 11) is 1.32. The molecule has 1 aromatic carbocycles. The summed E-state index contributed by atoms with van der Waals surface area (Å²) in [4.78, 5) is 0. The van der Waals surface area contributed by atoms with Crippen LogP contribution in [0.5, 0.6) is 0 Å². The normalized spacial score (nSPS) is 11.1. The summed E-state index contributed by atoms with van der Waals surface area (Å²) in [6.45, 7) is 0. The minimum absolute atomic E-state index is 0.0519. The molecule has 0 aliphatic heterocycles. The van der Waals surface area contributed by atoms with Crippen molar-refractivity contribution in [3.63, 3.8) is 0 Å². The number of rotatable bonds is 1. The number of methoxy groups -OCH3 is 1. The Morgan fingerprint density at radius 3 is 2.50 bits per heavy atom. The van der Waals surface area contributed by atoms with E-state index in [0.717, 1.165) is 12.1 Å². The molecule has 14 heavy (non-hydrogen) atoms. The standard InChI is InChI=1S/C9H7F3OS/c1-13-8(14)6-3-2-4-7(5-6)9(10,11)12/h2-5H,1H3. The van der Waals surface area contributed by atoms with E-state index in [-0.39, 0.29) is 10.6 Å². The van der Waals surface area contributed by atoms with Gasteiger partial charge in [-0.1, -0.05) is 12.1 Å². The summed E-state index contributed by atoms with van der Waals surface area (Å²) in [5, 5.41) is 0.0519. The second-order valence-electron chi connectivity index (χ2n) is 2.57. The SMILES string of the molecule is COC(=S)c1cccc(C(F)(F)F)c1. The monoisotopic (exact) mass is 220 g/mol. The van der Waals surface area contributed by atoms with E-state index < -0.39 is 11.7 Å². The first kappa shape index (κ1) is 11.0. The Hall–Kier alpha value is -1.10. The Bertz CT molecular complexity index is 346. The van der Waals surface area contributed by atoms with Gasteiger partial charge in [-0.15, -0.1) is 0 Å². The molecule has 0 spiro atoms. The van der Waals surface area contributed by atoms with Crippen molar-refractivity contribution in [1.82, 2.24) is 0 Å². The quantitative estimate of drug-likeness (QED) is 0.673. The number of ether oxygens (including phenoxy) is 1. The van der Waals surface area contributed by atoms with Crippen molar-refractivity contribution in [2.45, 2.75) is 6.18 Å². The molecule has 0 radical (unpaired) electrons. The number of halogens is 3. The van der Waals surface area contributed by atoms with Gasteiger partial charge in [-0.25, -0.2) is 0 Å². The summed E-state index contributed by atoms with van der Waals surface area (Å²) in [6, 6.07) is 4.72. The molecule has 1 aromatic rings. The first-order valence-electron chi connectivity index (χ1n) is 3.70. The third-order valence-corrected chi connectivity index (χ3v) is 2.01. The molecular weight excluding hydrogens is 213 g/mol. The zero-order valence-corrected chi connectivity index (χ0v) is 8.08. The van der Waals surface area contributed by atoms with Crippen LogP contribution in [-0.2, 0) is 10.9 Å². The molecule has 0 heterocycles. The van der Waals surface area contributed by atoms with Crippen molar-refractivity contribution in [2.24, 2.45) is 0 Å². The molecule has 0 unspecified atom stereocenters. The predicted molar refractivity (Wildman–Crippen MR) is 50.2 cm³/mol. The highest BCUT2D eigenvalue weighted by Gasteiger charge is 2.30. The second kappa shape index (κ2) is 3.96. The first-order valence-corrected chi connectivity index (χ1v) is 4.11. The molecule has 76 valence electrons. The fourth-order valence-corrected chi connectivity index (χ4v) is 1.07. The van der Waals surface area contributed by atoms with Crippen molar-refractivity contribution in [3.05, 3.63) is 35.4 Å². The highest BCUT2D eigenvalue weighted by atomic mass is 32.1. The molecule has 0 aromatic heterocycles. The Morgan fingerprint density at radius 2 is 2.00 bits per heavy atom. The Kier molecular flexibility index (Phi) is 3.10. The van der Waals surface area contributed by atoms with Gasteiger partial charge in [-0.05, 0) is 24.4 Å². The van der Waals surface area contributed by atoms with Crippen LogP contribution in [0, 0.1) is 0 Å². The van der Waals surface area contributed by atoms with Gasteiger partial charge in [0.1, 0.15) is 0 Å². The molecule has 0 saturated heterocycles. The maximum atomic E-state index is 12.3. The van der Waals surface area contributed by atoms with E-state index in [0.29, 0.717) is 0 Å². The van der Waals surface area contributed by atoms with Crippen molar-refractivity contribution >= 4 is 17.3 Å². The smallest absolute Gasteiger partial charge is 0.416 e. The Balaban J connectivity index is 3.08. The van der Waals surface area contributed by atoms with Crippen LogP contribution in [0.4, 0.5) is 13.2 Å². The predicted octanol–water partition coefficient (Wildman–Crippen LogP) is 3.03. The van der Waals surface area contributed by atoms with Gasteiger partial charge in [0.2, 0.25) is 0 Å². The molecule has 0 bridgehead atoms. The third kappa shape index (κ3) is 2.45. The van der Waals surface area contributed by atoms with Crippen molar-refractivity contribution in [3.8, 4) is 0 Å². The van der Waals surface area contributed by atoms with E-state index in [1.54, 1.807) is 0 Å². The van der Waals surface area contributed by atoms with E-state index in [9.17, 15) is 13.2 Å². The highest BCUT2D eigenvalue weighted by Crippen LogP contribution is 2.29. The summed E-state index contributed by atoms with van der Waals surface area (Å²) < 4.78 is 41.4. The van der Waals surface area contributed by atoms with Crippen molar-refractivity contribution in [2.75, 3.05) is 7.11 Å². The van der Waals surface area contributed by atoms with E-state index in [1.165, 1.54) is 19.2 Å². The maximum Gasteiger partial charge on any atom is 0.416 e. The zero-order chi connectivity index (χ0) is 10.8. The van der Waals surface area contributed by atoms with E-state index in [2.05, 4.69) is 4.74 Å². The van der Waals surface area contributed by atoms with Crippen LogP contribution in [0.15, 0.2) is 24.3 Å². The molecule has 0 aliphatic carbocycles. The van der Waals surface area contributed by atoms with Gasteiger partial charge in [0.05, 0.1) is 12.7 Å². The largest absolute Gasteiger partial charge is 0.486 e. The molecule has 1 rings (SSSR count). The molecule has 0 amide bonds. The van der Waals surface area contributed by atoms with Crippen molar-refractivity contribution in [1.29, 1.82) is 0 Å². The number of benzene rings is 1. The molecule has 0 aliphatic rings. The lowest BCUT2D eigenvalue weighted by atomic mass is 10.1. The average Bonchev–Trinajstić information content (AvgIpc) is 2.15. The highest BCUT2D eigenvalue weighted by molar-refractivity contribution is 7.80. The molecule has 0 saturated carbocycles. The Labute approximate surface area is 84.5 Å². The lowest BCUT2D eigenvalue weighted by Gasteiger charge is -2.08. The minimum Gasteiger partial charge on any atom is -0.486 e. The fourth-order valence-electron chi connectivity index (χ4n) is 0.940. The van der Waals surface area contributed by atoms with Gasteiger partial charge in [-0.2, -0.15) is 13.2 Å². The first-order chi connectivity index (χ1) is 6.45. The molecular formula is C9H7F3OS. The summed E-state index contributed by atoms with van der Waals surface area (Å²) in [5.41, 5.74) is -0.466. The number of thiocarbonyl (C=S) groups is 1. The second-order valence-corrected chi connectivity index (χ2v) is 2.94. The van der Waals surface area contributed by atoms with E-state index in [4.69, 9.17) is 12.2 Å². The molecule has 0 atom stereocenters. The molecule has 1 nitrogen and oxygen atoms in total.